The van der Waals surface area contributed by atoms with Gasteiger partial charge in [-0.1, -0.05) is 19.4 Å². The summed E-state index contributed by atoms with van der Waals surface area (Å²) in [5.41, 5.74) is 2.77. The third-order valence-electron chi connectivity index (χ3n) is 4.06. The number of ether oxygens (including phenoxy) is 1. The standard InChI is InChI=1S/C17H25NO2/c1-3-6-17(19)18-12-14-8-5-4-7-13-9-10-15(20-2)11-16(13)14/h9-11,14H,3-8,12H2,1-2H3,(H,18,19). The first kappa shape index (κ1) is 14.9. The van der Waals surface area contributed by atoms with Crippen LogP contribution in [0.3, 0.4) is 0 Å². The van der Waals surface area contributed by atoms with E-state index >= 15 is 0 Å². The summed E-state index contributed by atoms with van der Waals surface area (Å²) in [6.45, 7) is 2.78. The van der Waals surface area contributed by atoms with Gasteiger partial charge in [0, 0.05) is 18.9 Å². The lowest BCUT2D eigenvalue weighted by molar-refractivity contribution is -0.121. The fourth-order valence-electron chi connectivity index (χ4n) is 2.93. The zero-order valence-electron chi connectivity index (χ0n) is 12.6. The molecule has 3 heteroatoms. The molecule has 0 radical (unpaired) electrons. The van der Waals surface area contributed by atoms with E-state index in [4.69, 9.17) is 4.74 Å². The number of hydrogen-bond acceptors (Lipinski definition) is 2. The highest BCUT2D eigenvalue weighted by molar-refractivity contribution is 5.75. The molecule has 1 aromatic rings. The second kappa shape index (κ2) is 7.32. The second-order valence-electron chi connectivity index (χ2n) is 5.56. The van der Waals surface area contributed by atoms with E-state index in [1.165, 1.54) is 24.0 Å². The van der Waals surface area contributed by atoms with Crippen LogP contribution in [0.5, 0.6) is 5.75 Å². The van der Waals surface area contributed by atoms with Gasteiger partial charge in [0.15, 0.2) is 0 Å². The lowest BCUT2D eigenvalue weighted by Gasteiger charge is -2.19. The van der Waals surface area contributed by atoms with Crippen molar-refractivity contribution in [1.82, 2.24) is 5.32 Å². The summed E-state index contributed by atoms with van der Waals surface area (Å²) in [6, 6.07) is 6.37. The fourth-order valence-corrected chi connectivity index (χ4v) is 2.93. The van der Waals surface area contributed by atoms with Gasteiger partial charge < -0.3 is 10.1 Å². The minimum atomic E-state index is 0.168. The van der Waals surface area contributed by atoms with Gasteiger partial charge >= 0.3 is 0 Å². The van der Waals surface area contributed by atoms with E-state index in [9.17, 15) is 4.79 Å². The van der Waals surface area contributed by atoms with Crippen molar-refractivity contribution >= 4 is 5.91 Å². The fraction of sp³-hybridized carbons (Fsp3) is 0.588. The van der Waals surface area contributed by atoms with E-state index in [0.717, 1.165) is 31.6 Å². The quantitative estimate of drug-likeness (QED) is 0.836. The molecule has 1 unspecified atom stereocenters. The maximum atomic E-state index is 11.7. The van der Waals surface area contributed by atoms with Crippen molar-refractivity contribution in [3.05, 3.63) is 29.3 Å². The Labute approximate surface area is 121 Å². The van der Waals surface area contributed by atoms with Crippen LogP contribution >= 0.6 is 0 Å². The molecule has 110 valence electrons. The van der Waals surface area contributed by atoms with Crippen molar-refractivity contribution in [1.29, 1.82) is 0 Å². The first-order chi connectivity index (χ1) is 9.74. The third kappa shape index (κ3) is 3.75. The molecule has 1 aromatic carbocycles. The molecule has 0 aliphatic heterocycles. The largest absolute Gasteiger partial charge is 0.497 e. The predicted octanol–water partition coefficient (Wildman–Crippen LogP) is 3.42. The number of carbonyl (C=O) groups is 1. The van der Waals surface area contributed by atoms with Crippen molar-refractivity contribution < 1.29 is 9.53 Å². The Hall–Kier alpha value is -1.51. The molecule has 0 bridgehead atoms. The number of nitrogens with one attached hydrogen (secondary N) is 1. The van der Waals surface area contributed by atoms with E-state index < -0.39 is 0 Å². The van der Waals surface area contributed by atoms with Crippen LogP contribution in [-0.4, -0.2) is 19.6 Å². The van der Waals surface area contributed by atoms with E-state index in [-0.39, 0.29) is 5.91 Å². The molecule has 0 fully saturated rings. The summed E-state index contributed by atoms with van der Waals surface area (Å²) in [5.74, 6) is 1.50. The van der Waals surface area contributed by atoms with Gasteiger partial charge in [0.2, 0.25) is 5.91 Å². The van der Waals surface area contributed by atoms with Crippen molar-refractivity contribution in [2.24, 2.45) is 0 Å². The second-order valence-corrected chi connectivity index (χ2v) is 5.56. The monoisotopic (exact) mass is 275 g/mol. The highest BCUT2D eigenvalue weighted by atomic mass is 16.5. The molecular weight excluding hydrogens is 250 g/mol. The minimum Gasteiger partial charge on any atom is -0.497 e. The number of aryl methyl sites for hydroxylation is 1. The molecule has 1 N–H and O–H groups in total. The normalized spacial score (nSPS) is 18.0. The molecule has 0 saturated carbocycles. The maximum absolute atomic E-state index is 11.7. The molecule has 0 saturated heterocycles. The Bertz CT molecular complexity index is 456. The molecule has 0 spiro atoms. The Morgan fingerprint density at radius 3 is 3.00 bits per heavy atom. The molecule has 1 amide bonds. The van der Waals surface area contributed by atoms with Crippen LogP contribution < -0.4 is 10.1 Å². The van der Waals surface area contributed by atoms with Gasteiger partial charge in [-0.3, -0.25) is 4.79 Å². The SMILES string of the molecule is CCCC(=O)NCC1CCCCc2ccc(OC)cc21. The van der Waals surface area contributed by atoms with Gasteiger partial charge in [-0.15, -0.1) is 0 Å². The number of benzene rings is 1. The number of fused-ring (bicyclic) bond motifs is 1. The number of amides is 1. The van der Waals surface area contributed by atoms with Crippen LogP contribution in [0.4, 0.5) is 0 Å². The molecule has 2 rings (SSSR count). The zero-order valence-corrected chi connectivity index (χ0v) is 12.6. The molecule has 1 aliphatic carbocycles. The molecule has 20 heavy (non-hydrogen) atoms. The number of hydrogen-bond donors (Lipinski definition) is 1. The summed E-state index contributed by atoms with van der Waals surface area (Å²) in [7, 11) is 1.70. The van der Waals surface area contributed by atoms with Gasteiger partial charge in [-0.25, -0.2) is 0 Å². The van der Waals surface area contributed by atoms with E-state index in [0.29, 0.717) is 12.3 Å². The lowest BCUT2D eigenvalue weighted by Crippen LogP contribution is -2.28. The molecule has 1 atom stereocenters. The van der Waals surface area contributed by atoms with Gasteiger partial charge in [-0.05, 0) is 48.9 Å². The summed E-state index contributed by atoms with van der Waals surface area (Å²) in [5, 5.41) is 3.08. The van der Waals surface area contributed by atoms with Crippen molar-refractivity contribution in [2.45, 2.75) is 51.4 Å². The van der Waals surface area contributed by atoms with Crippen molar-refractivity contribution in [2.75, 3.05) is 13.7 Å². The number of rotatable bonds is 5. The van der Waals surface area contributed by atoms with Crippen LogP contribution in [0, 0.1) is 0 Å². The van der Waals surface area contributed by atoms with Crippen LogP contribution in [-0.2, 0) is 11.2 Å². The highest BCUT2D eigenvalue weighted by Gasteiger charge is 2.19. The Morgan fingerprint density at radius 1 is 1.40 bits per heavy atom. The lowest BCUT2D eigenvalue weighted by atomic mass is 9.92. The van der Waals surface area contributed by atoms with Gasteiger partial charge in [0.25, 0.3) is 0 Å². The summed E-state index contributed by atoms with van der Waals surface area (Å²) >= 11 is 0. The summed E-state index contributed by atoms with van der Waals surface area (Å²) < 4.78 is 5.35. The van der Waals surface area contributed by atoms with E-state index in [1.54, 1.807) is 7.11 Å². The van der Waals surface area contributed by atoms with Crippen molar-refractivity contribution in [3.8, 4) is 5.75 Å². The maximum Gasteiger partial charge on any atom is 0.220 e. The van der Waals surface area contributed by atoms with Crippen LogP contribution in [0.25, 0.3) is 0 Å². The average Bonchev–Trinajstić information content (AvgIpc) is 2.67. The first-order valence-corrected chi connectivity index (χ1v) is 7.68. The van der Waals surface area contributed by atoms with Gasteiger partial charge in [0.05, 0.1) is 7.11 Å². The smallest absolute Gasteiger partial charge is 0.220 e. The summed E-state index contributed by atoms with van der Waals surface area (Å²) in [4.78, 5) is 11.7. The van der Waals surface area contributed by atoms with E-state index in [1.807, 2.05) is 13.0 Å². The Balaban J connectivity index is 2.11. The molecule has 0 aromatic heterocycles. The Morgan fingerprint density at radius 2 is 2.25 bits per heavy atom. The van der Waals surface area contributed by atoms with Crippen LogP contribution in [0.2, 0.25) is 0 Å². The van der Waals surface area contributed by atoms with Gasteiger partial charge in [-0.2, -0.15) is 0 Å². The third-order valence-corrected chi connectivity index (χ3v) is 4.06. The molecule has 1 aliphatic rings. The molecule has 0 heterocycles. The number of methoxy groups -OCH3 is 1. The number of carbonyl (C=O) groups excluding carboxylic acids is 1. The Kier molecular flexibility index (Phi) is 5.45. The molecular formula is C17H25NO2. The summed E-state index contributed by atoms with van der Waals surface area (Å²) in [6.07, 6.45) is 6.27. The first-order valence-electron chi connectivity index (χ1n) is 7.68. The van der Waals surface area contributed by atoms with E-state index in [2.05, 4.69) is 17.4 Å². The van der Waals surface area contributed by atoms with Gasteiger partial charge in [0.1, 0.15) is 5.75 Å². The van der Waals surface area contributed by atoms with Crippen molar-refractivity contribution in [3.63, 3.8) is 0 Å². The highest BCUT2D eigenvalue weighted by Crippen LogP contribution is 2.32. The minimum absolute atomic E-state index is 0.168. The van der Waals surface area contributed by atoms with Crippen LogP contribution in [0.1, 0.15) is 56.1 Å². The predicted molar refractivity (Wildman–Crippen MR) is 81.2 cm³/mol. The average molecular weight is 275 g/mol. The topological polar surface area (TPSA) is 38.3 Å². The zero-order chi connectivity index (χ0) is 14.4. The van der Waals surface area contributed by atoms with Crippen LogP contribution in [0.15, 0.2) is 18.2 Å². The molecule has 3 nitrogen and oxygen atoms in total.